The Bertz CT molecular complexity index is 1510. The summed E-state index contributed by atoms with van der Waals surface area (Å²) >= 11 is 6.14. The lowest BCUT2D eigenvalue weighted by molar-refractivity contribution is -0.386. The van der Waals surface area contributed by atoms with Crippen LogP contribution < -0.4 is 15.0 Å². The van der Waals surface area contributed by atoms with E-state index in [1.165, 1.54) is 6.07 Å². The Morgan fingerprint density at radius 2 is 1.62 bits per heavy atom. The zero-order valence-corrected chi connectivity index (χ0v) is 22.4. The van der Waals surface area contributed by atoms with E-state index in [2.05, 4.69) is 15.5 Å². The van der Waals surface area contributed by atoms with Crippen molar-refractivity contribution >= 4 is 35.3 Å². The van der Waals surface area contributed by atoms with E-state index in [4.69, 9.17) is 25.9 Å². The van der Waals surface area contributed by atoms with E-state index in [0.717, 1.165) is 34.8 Å². The van der Waals surface area contributed by atoms with Gasteiger partial charge < -0.3 is 14.3 Å². The summed E-state index contributed by atoms with van der Waals surface area (Å²) in [7, 11) is 0. The highest BCUT2D eigenvalue weighted by atomic mass is 35.5. The molecule has 0 saturated heterocycles. The van der Waals surface area contributed by atoms with E-state index >= 15 is 0 Å². The van der Waals surface area contributed by atoms with E-state index in [9.17, 15) is 14.9 Å². The van der Waals surface area contributed by atoms with Gasteiger partial charge in [-0.2, -0.15) is 0 Å². The van der Waals surface area contributed by atoms with Gasteiger partial charge in [-0.15, -0.1) is 0 Å². The van der Waals surface area contributed by atoms with Crippen molar-refractivity contribution in [3.05, 3.63) is 122 Å². The number of hydrogen-bond acceptors (Lipinski definition) is 8. The molecule has 204 valence electrons. The van der Waals surface area contributed by atoms with E-state index in [1.54, 1.807) is 6.92 Å². The minimum Gasteiger partial charge on any atom is -0.485 e. The number of hydroxylamine groups is 1. The Kier molecular flexibility index (Phi) is 9.27. The largest absolute Gasteiger partial charge is 0.485 e. The molecule has 1 N–H and O–H groups in total. The molecule has 0 amide bonds. The summed E-state index contributed by atoms with van der Waals surface area (Å²) in [5.74, 6) is -0.992. The molecule has 0 atom stereocenters. The van der Waals surface area contributed by atoms with Gasteiger partial charge in [0.25, 0.3) is 0 Å². The lowest BCUT2D eigenvalue weighted by Gasteiger charge is -2.15. The number of nitro groups is 1. The van der Waals surface area contributed by atoms with Crippen molar-refractivity contribution in [2.75, 3.05) is 0 Å². The van der Waals surface area contributed by atoms with Crippen LogP contribution in [0.25, 0.3) is 0 Å². The van der Waals surface area contributed by atoms with Gasteiger partial charge in [0.15, 0.2) is 10.9 Å². The molecule has 0 radical (unpaired) electrons. The number of carbonyl (C=O) groups is 1. The van der Waals surface area contributed by atoms with Gasteiger partial charge in [0.2, 0.25) is 5.75 Å². The highest BCUT2D eigenvalue weighted by Crippen LogP contribution is 2.39. The molecule has 0 unspecified atom stereocenters. The Hall–Kier alpha value is -4.96. The molecule has 40 heavy (non-hydrogen) atoms. The third-order valence-corrected chi connectivity index (χ3v) is 5.86. The fourth-order valence-electron chi connectivity index (χ4n) is 3.73. The van der Waals surface area contributed by atoms with Crippen molar-refractivity contribution in [2.45, 2.75) is 27.1 Å². The molecule has 1 aromatic heterocycles. The minimum absolute atomic E-state index is 0.0164. The van der Waals surface area contributed by atoms with Gasteiger partial charge in [0.1, 0.15) is 25.2 Å². The quantitative estimate of drug-likeness (QED) is 0.0730. The van der Waals surface area contributed by atoms with Crippen molar-refractivity contribution in [3.63, 3.8) is 0 Å². The number of aliphatic imine (C=N–C) groups is 1. The number of pyridine rings is 1. The first kappa shape index (κ1) is 28.1. The number of aromatic nitrogens is 1. The van der Waals surface area contributed by atoms with Crippen molar-refractivity contribution in [3.8, 4) is 11.5 Å². The second-order valence-corrected chi connectivity index (χ2v) is 8.97. The fraction of sp³-hybridized carbons (Fsp3) is 0.138. The Morgan fingerprint density at radius 1 is 1.00 bits per heavy atom. The van der Waals surface area contributed by atoms with Crippen LogP contribution in [0.5, 0.6) is 11.5 Å². The smallest absolute Gasteiger partial charge is 0.363 e. The van der Waals surface area contributed by atoms with E-state index in [0.29, 0.717) is 5.69 Å². The van der Waals surface area contributed by atoms with E-state index in [1.807, 2.05) is 73.7 Å². The summed E-state index contributed by atoms with van der Waals surface area (Å²) in [5, 5.41) is 12.2. The van der Waals surface area contributed by atoms with Crippen molar-refractivity contribution in [1.82, 2.24) is 10.5 Å². The van der Waals surface area contributed by atoms with Gasteiger partial charge in [0, 0.05) is 11.8 Å². The van der Waals surface area contributed by atoms with Gasteiger partial charge >= 0.3 is 11.7 Å². The molecule has 4 rings (SSSR count). The summed E-state index contributed by atoms with van der Waals surface area (Å²) in [6, 6.07) is 22.6. The van der Waals surface area contributed by atoms with Crippen LogP contribution in [0.3, 0.4) is 0 Å². The van der Waals surface area contributed by atoms with Crippen molar-refractivity contribution in [1.29, 1.82) is 0 Å². The monoisotopic (exact) mass is 560 g/mol. The number of halogens is 1. The second-order valence-electron chi connectivity index (χ2n) is 8.61. The fourth-order valence-corrected chi connectivity index (χ4v) is 4.06. The summed E-state index contributed by atoms with van der Waals surface area (Å²) < 4.78 is 11.8. The van der Waals surface area contributed by atoms with Crippen LogP contribution in [-0.2, 0) is 18.1 Å². The first-order valence-corrected chi connectivity index (χ1v) is 12.5. The number of hydrogen-bond donors (Lipinski definition) is 1. The lowest BCUT2D eigenvalue weighted by Crippen LogP contribution is -2.18. The van der Waals surface area contributed by atoms with E-state index in [-0.39, 0.29) is 35.4 Å². The SMILES string of the molecule is Cc1cc(C)c(N=CNOC(=O)c2cc(OCc3ccccc3)c(OCc3ccccc3)c([N+](=O)[O-])c2)c(Cl)n1. The molecule has 0 spiro atoms. The predicted octanol–water partition coefficient (Wildman–Crippen LogP) is 6.44. The Balaban J connectivity index is 1.57. The van der Waals surface area contributed by atoms with Gasteiger partial charge in [-0.1, -0.05) is 72.3 Å². The number of nitrogens with zero attached hydrogens (tertiary/aromatic N) is 3. The van der Waals surface area contributed by atoms with Crippen LogP contribution in [0.1, 0.15) is 32.7 Å². The highest BCUT2D eigenvalue weighted by molar-refractivity contribution is 6.32. The summed E-state index contributed by atoms with van der Waals surface area (Å²) in [4.78, 5) is 37.5. The van der Waals surface area contributed by atoms with Crippen molar-refractivity contribution < 1.29 is 24.0 Å². The molecule has 10 nitrogen and oxygen atoms in total. The number of ether oxygens (including phenoxy) is 2. The normalized spacial score (nSPS) is 10.8. The maximum Gasteiger partial charge on any atom is 0.363 e. The first-order chi connectivity index (χ1) is 19.3. The molecular formula is C29H25ClN4O6. The standard InChI is InChI=1S/C29H25ClN4O6/c1-19-13-20(2)33-28(30)26(19)31-18-32-40-29(35)23-14-24(34(36)37)27(39-17-22-11-7-4-8-12-22)25(15-23)38-16-21-9-5-3-6-10-21/h3-15,18H,16-17H2,1-2H3,(H,31,32). The lowest BCUT2D eigenvalue weighted by atomic mass is 10.1. The van der Waals surface area contributed by atoms with Crippen LogP contribution in [-0.4, -0.2) is 22.2 Å². The Morgan fingerprint density at radius 3 is 2.23 bits per heavy atom. The number of aryl methyl sites for hydroxylation is 2. The number of benzene rings is 3. The highest BCUT2D eigenvalue weighted by Gasteiger charge is 2.26. The molecule has 0 fully saturated rings. The van der Waals surface area contributed by atoms with Gasteiger partial charge in [0.05, 0.1) is 10.5 Å². The molecule has 4 aromatic rings. The first-order valence-electron chi connectivity index (χ1n) is 12.1. The molecule has 0 aliphatic heterocycles. The average Bonchev–Trinajstić information content (AvgIpc) is 2.94. The van der Waals surface area contributed by atoms with Gasteiger partial charge in [-0.3, -0.25) is 10.1 Å². The van der Waals surface area contributed by atoms with Crippen LogP contribution in [0.15, 0.2) is 83.9 Å². The van der Waals surface area contributed by atoms with Crippen LogP contribution in [0.2, 0.25) is 5.15 Å². The molecule has 0 aliphatic carbocycles. The maximum absolute atomic E-state index is 12.8. The molecule has 3 aromatic carbocycles. The number of nitro benzene ring substituents is 1. The zero-order chi connectivity index (χ0) is 28.5. The summed E-state index contributed by atoms with van der Waals surface area (Å²) in [5.41, 5.74) is 5.29. The van der Waals surface area contributed by atoms with Crippen molar-refractivity contribution in [2.24, 2.45) is 4.99 Å². The summed E-state index contributed by atoms with van der Waals surface area (Å²) in [6.45, 7) is 3.77. The molecule has 0 saturated carbocycles. The summed E-state index contributed by atoms with van der Waals surface area (Å²) in [6.07, 6.45) is 1.13. The molecule has 1 heterocycles. The topological polar surface area (TPSA) is 125 Å². The zero-order valence-electron chi connectivity index (χ0n) is 21.7. The molecule has 0 bridgehead atoms. The predicted molar refractivity (Wildman–Crippen MR) is 150 cm³/mol. The van der Waals surface area contributed by atoms with Crippen LogP contribution in [0.4, 0.5) is 11.4 Å². The molecule has 11 heteroatoms. The number of rotatable bonds is 11. The Labute approximate surface area is 235 Å². The number of carbonyl (C=O) groups excluding carboxylic acids is 1. The number of nitrogens with one attached hydrogen (secondary N) is 1. The third kappa shape index (κ3) is 7.33. The third-order valence-electron chi connectivity index (χ3n) is 5.60. The molecule has 0 aliphatic rings. The molecular weight excluding hydrogens is 536 g/mol. The van der Waals surface area contributed by atoms with Gasteiger partial charge in [-0.25, -0.2) is 20.3 Å². The average molecular weight is 561 g/mol. The minimum atomic E-state index is -0.904. The van der Waals surface area contributed by atoms with Crippen LogP contribution in [0, 0.1) is 24.0 Å². The van der Waals surface area contributed by atoms with Gasteiger partial charge in [-0.05, 0) is 42.7 Å². The second kappa shape index (κ2) is 13.2. The van der Waals surface area contributed by atoms with Crippen LogP contribution >= 0.6 is 11.6 Å². The maximum atomic E-state index is 12.8. The van der Waals surface area contributed by atoms with E-state index < -0.39 is 16.6 Å².